The van der Waals surface area contributed by atoms with Gasteiger partial charge in [0.2, 0.25) is 0 Å². The number of hydrogen-bond donors (Lipinski definition) is 1. The molecule has 0 aliphatic heterocycles. The summed E-state index contributed by atoms with van der Waals surface area (Å²) in [6.07, 6.45) is -2.85. The molecule has 0 bridgehead atoms. The van der Waals surface area contributed by atoms with Gasteiger partial charge in [-0.1, -0.05) is 11.6 Å². The van der Waals surface area contributed by atoms with Crippen LogP contribution in [0.3, 0.4) is 0 Å². The summed E-state index contributed by atoms with van der Waals surface area (Å²) in [5, 5.41) is 17.1. The van der Waals surface area contributed by atoms with E-state index in [9.17, 15) is 8.78 Å². The monoisotopic (exact) mass is 218 g/mol. The number of aliphatic hydroxyl groups is 1. The molecule has 6 heteroatoms. The van der Waals surface area contributed by atoms with Crippen molar-refractivity contribution in [3.63, 3.8) is 0 Å². The summed E-state index contributed by atoms with van der Waals surface area (Å²) >= 11 is 5.49. The maximum Gasteiger partial charge on any atom is 0.281 e. The van der Waals surface area contributed by atoms with E-state index in [-0.39, 0.29) is 16.3 Å². The molecule has 14 heavy (non-hydrogen) atoms. The first-order valence-electron chi connectivity index (χ1n) is 3.58. The zero-order chi connectivity index (χ0) is 10.7. The Bertz CT molecular complexity index is 390. The first-order valence-corrected chi connectivity index (χ1v) is 3.96. The van der Waals surface area contributed by atoms with E-state index in [4.69, 9.17) is 22.0 Å². The molecule has 0 aromatic carbocycles. The minimum atomic E-state index is -2.85. The summed E-state index contributed by atoms with van der Waals surface area (Å²) in [5.41, 5.74) is -0.768. The second kappa shape index (κ2) is 4.31. The highest BCUT2D eigenvalue weighted by Gasteiger charge is 2.17. The topological polar surface area (TPSA) is 56.9 Å². The van der Waals surface area contributed by atoms with Crippen molar-refractivity contribution in [1.29, 1.82) is 5.26 Å². The van der Waals surface area contributed by atoms with Crippen LogP contribution in [-0.2, 0) is 6.61 Å². The van der Waals surface area contributed by atoms with E-state index in [1.54, 1.807) is 6.07 Å². The van der Waals surface area contributed by atoms with Crippen LogP contribution < -0.4 is 0 Å². The molecule has 0 saturated carbocycles. The van der Waals surface area contributed by atoms with E-state index >= 15 is 0 Å². The second-order valence-corrected chi connectivity index (χ2v) is 2.80. The standard InChI is InChI=1S/C8H5ClF2N2O/c9-7-5(3-14)1-4(2-12)6(13-7)8(10)11/h1,8,14H,3H2. The Morgan fingerprint density at radius 2 is 2.29 bits per heavy atom. The van der Waals surface area contributed by atoms with Gasteiger partial charge in [-0.15, -0.1) is 0 Å². The van der Waals surface area contributed by atoms with Crippen LogP contribution >= 0.6 is 11.6 Å². The molecule has 0 aliphatic carbocycles. The molecular formula is C8H5ClF2N2O. The molecule has 1 aromatic heterocycles. The maximum absolute atomic E-state index is 12.3. The molecule has 1 rings (SSSR count). The molecule has 0 amide bonds. The Kier molecular flexibility index (Phi) is 3.33. The van der Waals surface area contributed by atoms with Crippen LogP contribution in [0.15, 0.2) is 6.07 Å². The number of alkyl halides is 2. The van der Waals surface area contributed by atoms with Crippen LogP contribution in [0.4, 0.5) is 8.78 Å². The Balaban J connectivity index is 3.33. The number of aromatic nitrogens is 1. The normalized spacial score (nSPS) is 10.3. The average Bonchev–Trinajstić information content (AvgIpc) is 2.17. The van der Waals surface area contributed by atoms with Gasteiger partial charge in [-0.25, -0.2) is 13.8 Å². The molecule has 0 spiro atoms. The number of rotatable bonds is 2. The number of aliphatic hydroxyl groups excluding tert-OH is 1. The molecule has 1 aromatic rings. The SMILES string of the molecule is N#Cc1cc(CO)c(Cl)nc1C(F)F. The van der Waals surface area contributed by atoms with Crippen molar-refractivity contribution >= 4 is 11.6 Å². The summed E-state index contributed by atoms with van der Waals surface area (Å²) in [6, 6.07) is 2.67. The number of nitrogens with zero attached hydrogens (tertiary/aromatic N) is 2. The third kappa shape index (κ3) is 1.97. The molecule has 0 atom stereocenters. The Labute approximate surface area is 83.6 Å². The number of hydrogen-bond acceptors (Lipinski definition) is 3. The minimum Gasteiger partial charge on any atom is -0.392 e. The summed E-state index contributed by atoms with van der Waals surface area (Å²) in [4.78, 5) is 3.35. The zero-order valence-electron chi connectivity index (χ0n) is 6.84. The first-order chi connectivity index (χ1) is 6.60. The molecule has 3 nitrogen and oxygen atoms in total. The number of halogens is 3. The van der Waals surface area contributed by atoms with E-state index in [0.717, 1.165) is 6.07 Å². The molecule has 1 heterocycles. The number of nitriles is 1. The minimum absolute atomic E-state index is 0.160. The van der Waals surface area contributed by atoms with Gasteiger partial charge in [0.25, 0.3) is 6.43 Å². The van der Waals surface area contributed by atoms with Gasteiger partial charge in [0.1, 0.15) is 16.9 Å². The van der Waals surface area contributed by atoms with Crippen molar-refractivity contribution in [1.82, 2.24) is 4.98 Å². The van der Waals surface area contributed by atoms with Crippen molar-refractivity contribution < 1.29 is 13.9 Å². The third-order valence-corrected chi connectivity index (χ3v) is 1.90. The van der Waals surface area contributed by atoms with Crippen molar-refractivity contribution in [2.45, 2.75) is 13.0 Å². The molecule has 0 saturated heterocycles. The van der Waals surface area contributed by atoms with Gasteiger partial charge in [-0.2, -0.15) is 5.26 Å². The van der Waals surface area contributed by atoms with Gasteiger partial charge < -0.3 is 5.11 Å². The van der Waals surface area contributed by atoms with Gasteiger partial charge in [-0.05, 0) is 6.07 Å². The van der Waals surface area contributed by atoms with E-state index in [1.165, 1.54) is 0 Å². The van der Waals surface area contributed by atoms with Gasteiger partial charge in [0, 0.05) is 5.56 Å². The molecule has 0 unspecified atom stereocenters. The van der Waals surface area contributed by atoms with Crippen molar-refractivity contribution in [2.75, 3.05) is 0 Å². The lowest BCUT2D eigenvalue weighted by Gasteiger charge is -2.05. The van der Waals surface area contributed by atoms with Crippen LogP contribution in [0.1, 0.15) is 23.2 Å². The van der Waals surface area contributed by atoms with Gasteiger partial charge in [0.15, 0.2) is 0 Å². The maximum atomic E-state index is 12.3. The van der Waals surface area contributed by atoms with Gasteiger partial charge >= 0.3 is 0 Å². The number of pyridine rings is 1. The van der Waals surface area contributed by atoms with Crippen LogP contribution in [-0.4, -0.2) is 10.1 Å². The Morgan fingerprint density at radius 3 is 2.71 bits per heavy atom. The van der Waals surface area contributed by atoms with E-state index in [1.807, 2.05) is 0 Å². The van der Waals surface area contributed by atoms with E-state index < -0.39 is 18.7 Å². The molecule has 0 fully saturated rings. The second-order valence-electron chi connectivity index (χ2n) is 2.44. The van der Waals surface area contributed by atoms with E-state index in [0.29, 0.717) is 0 Å². The predicted octanol–water partition coefficient (Wildman–Crippen LogP) is 2.04. The molecular weight excluding hydrogens is 214 g/mol. The Morgan fingerprint density at radius 1 is 1.64 bits per heavy atom. The fourth-order valence-corrected chi connectivity index (χ4v) is 1.12. The molecule has 74 valence electrons. The first kappa shape index (κ1) is 10.8. The summed E-state index contributed by atoms with van der Waals surface area (Å²) in [5.74, 6) is 0. The van der Waals surface area contributed by atoms with Crippen molar-refractivity contribution in [2.24, 2.45) is 0 Å². The van der Waals surface area contributed by atoms with Crippen LogP contribution in [0.5, 0.6) is 0 Å². The van der Waals surface area contributed by atoms with Crippen molar-refractivity contribution in [3.8, 4) is 6.07 Å². The predicted molar refractivity (Wildman–Crippen MR) is 44.8 cm³/mol. The lowest BCUT2D eigenvalue weighted by atomic mass is 10.1. The molecule has 0 aliphatic rings. The fourth-order valence-electron chi connectivity index (χ4n) is 0.912. The average molecular weight is 219 g/mol. The van der Waals surface area contributed by atoms with Gasteiger partial charge in [0.05, 0.1) is 12.2 Å². The zero-order valence-corrected chi connectivity index (χ0v) is 7.59. The molecule has 1 N–H and O–H groups in total. The van der Waals surface area contributed by atoms with Crippen LogP contribution in [0, 0.1) is 11.3 Å². The quantitative estimate of drug-likeness (QED) is 0.773. The van der Waals surface area contributed by atoms with Crippen LogP contribution in [0.2, 0.25) is 5.15 Å². The van der Waals surface area contributed by atoms with Crippen molar-refractivity contribution in [3.05, 3.63) is 28.0 Å². The largest absolute Gasteiger partial charge is 0.392 e. The lowest BCUT2D eigenvalue weighted by Crippen LogP contribution is -1.99. The highest BCUT2D eigenvalue weighted by atomic mass is 35.5. The smallest absolute Gasteiger partial charge is 0.281 e. The highest BCUT2D eigenvalue weighted by molar-refractivity contribution is 6.30. The van der Waals surface area contributed by atoms with Gasteiger partial charge in [-0.3, -0.25) is 0 Å². The molecule has 0 radical (unpaired) electrons. The van der Waals surface area contributed by atoms with E-state index in [2.05, 4.69) is 4.98 Å². The Hall–Kier alpha value is -1.25. The summed E-state index contributed by atoms with van der Waals surface area (Å²) in [7, 11) is 0. The summed E-state index contributed by atoms with van der Waals surface area (Å²) < 4.78 is 24.6. The highest BCUT2D eigenvalue weighted by Crippen LogP contribution is 2.25. The third-order valence-electron chi connectivity index (χ3n) is 1.58. The summed E-state index contributed by atoms with van der Waals surface area (Å²) in [6.45, 7) is -0.440. The van der Waals surface area contributed by atoms with Crippen LogP contribution in [0.25, 0.3) is 0 Å². The fraction of sp³-hybridized carbons (Fsp3) is 0.250. The lowest BCUT2D eigenvalue weighted by molar-refractivity contribution is 0.145.